The van der Waals surface area contributed by atoms with E-state index < -0.39 is 17.7 Å². The Morgan fingerprint density at radius 3 is 1.55 bits per heavy atom. The minimum absolute atomic E-state index is 0.277. The first-order valence-electron chi connectivity index (χ1n) is 10.2. The zero-order valence-corrected chi connectivity index (χ0v) is 20.8. The van der Waals surface area contributed by atoms with Crippen molar-refractivity contribution in [3.05, 3.63) is 57.6 Å². The van der Waals surface area contributed by atoms with Gasteiger partial charge in [0.25, 0.3) is 11.8 Å². The van der Waals surface area contributed by atoms with Crippen LogP contribution in [0.1, 0.15) is 24.5 Å². The van der Waals surface area contributed by atoms with E-state index in [-0.39, 0.29) is 6.42 Å². The standard InChI is InChI=1S/C23H28Cl2N6O2/c1-6-19(22(32)28-26-13-15-7-9-17(30(2)3)11-20(15)24)23(33)29-27-14-16-8-10-18(31(4)5)12-21(16)25/h7-14,19H,6H2,1-5H3,(H,28,32)(H,29,33)/b26-13+,27-14+. The number of hydrazone groups is 2. The molecule has 2 rings (SSSR count). The van der Waals surface area contributed by atoms with Crippen LogP contribution in [-0.2, 0) is 9.59 Å². The molecule has 2 aromatic rings. The van der Waals surface area contributed by atoms with Crippen LogP contribution in [0.5, 0.6) is 0 Å². The fourth-order valence-corrected chi connectivity index (χ4v) is 3.22. The topological polar surface area (TPSA) is 89.4 Å². The zero-order chi connectivity index (χ0) is 24.5. The van der Waals surface area contributed by atoms with Gasteiger partial charge in [-0.25, -0.2) is 10.9 Å². The van der Waals surface area contributed by atoms with Gasteiger partial charge in [0.05, 0.1) is 22.5 Å². The predicted octanol–water partition coefficient (Wildman–Crippen LogP) is 3.75. The van der Waals surface area contributed by atoms with E-state index in [1.165, 1.54) is 12.4 Å². The first-order valence-corrected chi connectivity index (χ1v) is 11.0. The molecule has 0 radical (unpaired) electrons. The van der Waals surface area contributed by atoms with E-state index >= 15 is 0 Å². The van der Waals surface area contributed by atoms with Crippen LogP contribution in [0.3, 0.4) is 0 Å². The second-order valence-electron chi connectivity index (χ2n) is 7.63. The van der Waals surface area contributed by atoms with Crippen molar-refractivity contribution in [2.45, 2.75) is 13.3 Å². The molecule has 0 atom stereocenters. The van der Waals surface area contributed by atoms with E-state index in [4.69, 9.17) is 23.2 Å². The van der Waals surface area contributed by atoms with E-state index in [0.717, 1.165) is 11.4 Å². The molecule has 0 bridgehead atoms. The summed E-state index contributed by atoms with van der Waals surface area (Å²) in [7, 11) is 7.65. The SMILES string of the molecule is CCC(C(=O)N/N=C/c1ccc(N(C)C)cc1Cl)C(=O)N/N=C/c1ccc(N(C)C)cc1Cl. The van der Waals surface area contributed by atoms with Gasteiger partial charge in [-0.2, -0.15) is 10.2 Å². The molecule has 0 fully saturated rings. The quantitative estimate of drug-likeness (QED) is 0.318. The van der Waals surface area contributed by atoms with E-state index in [1.54, 1.807) is 31.2 Å². The summed E-state index contributed by atoms with van der Waals surface area (Å²) in [5.41, 5.74) is 7.94. The maximum Gasteiger partial charge on any atom is 0.252 e. The molecule has 0 aromatic heterocycles. The Bertz CT molecular complexity index is 972. The number of halogens is 2. The van der Waals surface area contributed by atoms with E-state index in [1.807, 2.05) is 50.1 Å². The Hall–Kier alpha value is -3.10. The summed E-state index contributed by atoms with van der Waals surface area (Å²) in [5.74, 6) is -2.05. The van der Waals surface area contributed by atoms with E-state index in [2.05, 4.69) is 21.1 Å². The highest BCUT2D eigenvalue weighted by Gasteiger charge is 2.24. The van der Waals surface area contributed by atoms with Crippen LogP contribution in [0, 0.1) is 5.92 Å². The lowest BCUT2D eigenvalue weighted by Crippen LogP contribution is -2.37. The van der Waals surface area contributed by atoms with Crippen LogP contribution >= 0.6 is 23.2 Å². The summed E-state index contributed by atoms with van der Waals surface area (Å²) >= 11 is 12.5. The average Bonchev–Trinajstić information content (AvgIpc) is 2.76. The monoisotopic (exact) mass is 490 g/mol. The Balaban J connectivity index is 1.96. The number of rotatable bonds is 9. The van der Waals surface area contributed by atoms with Gasteiger partial charge in [0.15, 0.2) is 0 Å². The number of anilines is 2. The number of carbonyl (C=O) groups is 2. The smallest absolute Gasteiger partial charge is 0.252 e. The zero-order valence-electron chi connectivity index (χ0n) is 19.3. The van der Waals surface area contributed by atoms with Gasteiger partial charge in [-0.1, -0.05) is 30.1 Å². The highest BCUT2D eigenvalue weighted by atomic mass is 35.5. The molecule has 0 aliphatic rings. The van der Waals surface area contributed by atoms with Crippen molar-refractivity contribution in [2.75, 3.05) is 38.0 Å². The number of hydrogen-bond acceptors (Lipinski definition) is 6. The van der Waals surface area contributed by atoms with Crippen molar-refractivity contribution in [1.82, 2.24) is 10.9 Å². The van der Waals surface area contributed by atoms with Gasteiger partial charge in [-0.15, -0.1) is 0 Å². The minimum atomic E-state index is -0.961. The lowest BCUT2D eigenvalue weighted by atomic mass is 10.1. The first kappa shape index (κ1) is 26.2. The van der Waals surface area contributed by atoms with Gasteiger partial charge in [0.1, 0.15) is 5.92 Å². The van der Waals surface area contributed by atoms with Crippen LogP contribution in [0.15, 0.2) is 46.6 Å². The maximum atomic E-state index is 12.4. The largest absolute Gasteiger partial charge is 0.378 e. The summed E-state index contributed by atoms with van der Waals surface area (Å²) in [4.78, 5) is 28.7. The van der Waals surface area contributed by atoms with Crippen molar-refractivity contribution in [3.63, 3.8) is 0 Å². The van der Waals surface area contributed by atoms with Crippen LogP contribution in [0.4, 0.5) is 11.4 Å². The third-order valence-electron chi connectivity index (χ3n) is 4.80. The van der Waals surface area contributed by atoms with Crippen molar-refractivity contribution >= 4 is 58.8 Å². The van der Waals surface area contributed by atoms with Gasteiger partial charge in [-0.05, 0) is 42.8 Å². The third kappa shape index (κ3) is 7.47. The Labute approximate surface area is 204 Å². The molecule has 2 N–H and O–H groups in total. The summed E-state index contributed by atoms with van der Waals surface area (Å²) in [6.45, 7) is 1.73. The molecule has 0 aliphatic carbocycles. The molecule has 0 saturated carbocycles. The second-order valence-corrected chi connectivity index (χ2v) is 8.44. The van der Waals surface area contributed by atoms with Crippen LogP contribution in [0.25, 0.3) is 0 Å². The Morgan fingerprint density at radius 2 is 1.24 bits per heavy atom. The fourth-order valence-electron chi connectivity index (χ4n) is 2.77. The molecule has 8 nitrogen and oxygen atoms in total. The molecular formula is C23H28Cl2N6O2. The summed E-state index contributed by atoms with van der Waals surface area (Å²) in [5, 5.41) is 8.85. The number of hydrogen-bond donors (Lipinski definition) is 2. The molecule has 0 saturated heterocycles. The van der Waals surface area contributed by atoms with Crippen molar-refractivity contribution in [3.8, 4) is 0 Å². The van der Waals surface area contributed by atoms with Gasteiger partial charge >= 0.3 is 0 Å². The maximum absolute atomic E-state index is 12.4. The number of amides is 2. The molecule has 0 aliphatic heterocycles. The number of nitrogens with zero attached hydrogens (tertiary/aromatic N) is 4. The van der Waals surface area contributed by atoms with E-state index in [9.17, 15) is 9.59 Å². The lowest BCUT2D eigenvalue weighted by molar-refractivity contribution is -0.135. The van der Waals surface area contributed by atoms with Crippen LogP contribution < -0.4 is 20.7 Å². The highest BCUT2D eigenvalue weighted by molar-refractivity contribution is 6.33. The van der Waals surface area contributed by atoms with E-state index in [0.29, 0.717) is 21.2 Å². The molecule has 2 amide bonds. The minimum Gasteiger partial charge on any atom is -0.378 e. The molecule has 33 heavy (non-hydrogen) atoms. The van der Waals surface area contributed by atoms with Gasteiger partial charge < -0.3 is 9.80 Å². The summed E-state index contributed by atoms with van der Waals surface area (Å²) < 4.78 is 0. The van der Waals surface area contributed by atoms with Gasteiger partial charge in [0, 0.05) is 50.7 Å². The van der Waals surface area contributed by atoms with Crippen LogP contribution in [-0.4, -0.2) is 52.4 Å². The average molecular weight is 491 g/mol. The molecular weight excluding hydrogens is 463 g/mol. The predicted molar refractivity (Wildman–Crippen MR) is 137 cm³/mol. The van der Waals surface area contributed by atoms with Gasteiger partial charge in [-0.3, -0.25) is 9.59 Å². The molecule has 0 unspecified atom stereocenters. The third-order valence-corrected chi connectivity index (χ3v) is 5.45. The number of carbonyl (C=O) groups excluding carboxylic acids is 2. The van der Waals surface area contributed by atoms with Crippen molar-refractivity contribution in [2.24, 2.45) is 16.1 Å². The molecule has 2 aromatic carbocycles. The Kier molecular flexibility index (Phi) is 9.69. The Morgan fingerprint density at radius 1 is 0.848 bits per heavy atom. The van der Waals surface area contributed by atoms with Gasteiger partial charge in [0.2, 0.25) is 0 Å². The highest BCUT2D eigenvalue weighted by Crippen LogP contribution is 2.22. The number of nitrogens with one attached hydrogen (secondary N) is 2. The molecule has 0 spiro atoms. The second kappa shape index (κ2) is 12.2. The summed E-state index contributed by atoms with van der Waals surface area (Å²) in [6, 6.07) is 11.0. The molecule has 176 valence electrons. The van der Waals surface area contributed by atoms with Crippen molar-refractivity contribution in [1.29, 1.82) is 0 Å². The number of benzene rings is 2. The first-order chi connectivity index (χ1) is 15.6. The fraction of sp³-hybridized carbons (Fsp3) is 0.304. The normalized spacial score (nSPS) is 11.3. The van der Waals surface area contributed by atoms with Crippen LogP contribution in [0.2, 0.25) is 10.0 Å². The molecule has 10 heteroatoms. The lowest BCUT2D eigenvalue weighted by Gasteiger charge is -2.13. The van der Waals surface area contributed by atoms with Crippen molar-refractivity contribution < 1.29 is 9.59 Å². The molecule has 0 heterocycles. The summed E-state index contributed by atoms with van der Waals surface area (Å²) in [6.07, 6.45) is 3.14.